The third-order valence-corrected chi connectivity index (χ3v) is 2.65. The predicted molar refractivity (Wildman–Crippen MR) is 57.7 cm³/mol. The van der Waals surface area contributed by atoms with Gasteiger partial charge in [0.25, 0.3) is 0 Å². The molecule has 0 saturated carbocycles. The van der Waals surface area contributed by atoms with Crippen molar-refractivity contribution in [3.63, 3.8) is 0 Å². The van der Waals surface area contributed by atoms with Gasteiger partial charge in [-0.25, -0.2) is 14.4 Å². The summed E-state index contributed by atoms with van der Waals surface area (Å²) in [6, 6.07) is 0. The van der Waals surface area contributed by atoms with Crippen LogP contribution in [0.5, 0.6) is 0 Å². The molecule has 1 fully saturated rings. The van der Waals surface area contributed by atoms with Gasteiger partial charge in [0.1, 0.15) is 6.33 Å². The topological polar surface area (TPSA) is 64.3 Å². The molecule has 1 saturated heterocycles. The van der Waals surface area contributed by atoms with Crippen molar-refractivity contribution in [1.82, 2.24) is 9.97 Å². The first-order chi connectivity index (χ1) is 7.72. The summed E-state index contributed by atoms with van der Waals surface area (Å²) in [6.45, 7) is 3.81. The minimum Gasteiger partial charge on any atom is -0.373 e. The molecule has 0 bridgehead atoms. The van der Waals surface area contributed by atoms with Crippen molar-refractivity contribution >= 4 is 5.82 Å². The first-order valence-corrected chi connectivity index (χ1v) is 5.26. The second kappa shape index (κ2) is 4.71. The molecule has 1 aromatic heterocycles. The summed E-state index contributed by atoms with van der Waals surface area (Å²) in [5.41, 5.74) is 5.90. The third kappa shape index (κ3) is 2.12. The summed E-state index contributed by atoms with van der Waals surface area (Å²) in [5, 5.41) is 0. The molecule has 0 aromatic carbocycles. The number of hydrogen-bond acceptors (Lipinski definition) is 5. The lowest BCUT2D eigenvalue weighted by Gasteiger charge is -2.33. The maximum absolute atomic E-state index is 13.8. The molecule has 1 aromatic rings. The lowest BCUT2D eigenvalue weighted by atomic mass is 10.2. The standard InChI is InChI=1S/C10H15FN4O/c1-7-9(11)10(14-6-13-7)15-2-3-16-8(4-12)5-15/h6,8H,2-5,12H2,1H3. The van der Waals surface area contributed by atoms with Crippen LogP contribution in [0.25, 0.3) is 0 Å². The van der Waals surface area contributed by atoms with Crippen molar-refractivity contribution < 1.29 is 9.13 Å². The zero-order valence-electron chi connectivity index (χ0n) is 9.19. The Morgan fingerprint density at radius 1 is 1.62 bits per heavy atom. The Hall–Kier alpha value is -1.27. The first kappa shape index (κ1) is 11.2. The van der Waals surface area contributed by atoms with E-state index in [0.29, 0.717) is 37.8 Å². The van der Waals surface area contributed by atoms with E-state index in [1.165, 1.54) is 6.33 Å². The molecule has 88 valence electrons. The van der Waals surface area contributed by atoms with E-state index in [-0.39, 0.29) is 11.9 Å². The summed E-state index contributed by atoms with van der Waals surface area (Å²) >= 11 is 0. The Labute approximate surface area is 93.4 Å². The maximum atomic E-state index is 13.8. The zero-order chi connectivity index (χ0) is 11.5. The van der Waals surface area contributed by atoms with E-state index in [1.54, 1.807) is 6.92 Å². The Bertz CT molecular complexity index is 374. The van der Waals surface area contributed by atoms with Gasteiger partial charge in [0.05, 0.1) is 18.4 Å². The second-order valence-corrected chi connectivity index (χ2v) is 3.77. The van der Waals surface area contributed by atoms with Crippen LogP contribution in [0, 0.1) is 12.7 Å². The molecular weight excluding hydrogens is 211 g/mol. The lowest BCUT2D eigenvalue weighted by Crippen LogP contribution is -2.46. The quantitative estimate of drug-likeness (QED) is 0.774. The SMILES string of the molecule is Cc1ncnc(N2CCOC(CN)C2)c1F. The Balaban J connectivity index is 2.20. The average molecular weight is 226 g/mol. The van der Waals surface area contributed by atoms with E-state index in [1.807, 2.05) is 4.90 Å². The summed E-state index contributed by atoms with van der Waals surface area (Å²) < 4.78 is 19.2. The molecule has 0 aliphatic carbocycles. The number of nitrogens with zero attached hydrogens (tertiary/aromatic N) is 3. The zero-order valence-corrected chi connectivity index (χ0v) is 9.19. The van der Waals surface area contributed by atoms with Crippen molar-refractivity contribution in [3.05, 3.63) is 17.8 Å². The summed E-state index contributed by atoms with van der Waals surface area (Å²) in [4.78, 5) is 9.63. The minimum atomic E-state index is -0.361. The smallest absolute Gasteiger partial charge is 0.186 e. The van der Waals surface area contributed by atoms with Crippen molar-refractivity contribution in [1.29, 1.82) is 0 Å². The molecular formula is C10H15FN4O. The van der Waals surface area contributed by atoms with Crippen molar-refractivity contribution in [2.24, 2.45) is 5.73 Å². The molecule has 1 aliphatic rings. The minimum absolute atomic E-state index is 0.0524. The van der Waals surface area contributed by atoms with Gasteiger partial charge >= 0.3 is 0 Å². The molecule has 1 unspecified atom stereocenters. The van der Waals surface area contributed by atoms with Gasteiger partial charge < -0.3 is 15.4 Å². The van der Waals surface area contributed by atoms with Gasteiger partial charge in [-0.2, -0.15) is 0 Å². The molecule has 2 N–H and O–H groups in total. The molecule has 5 nitrogen and oxygen atoms in total. The Morgan fingerprint density at radius 3 is 3.19 bits per heavy atom. The molecule has 0 spiro atoms. The fourth-order valence-electron chi connectivity index (χ4n) is 1.72. The van der Waals surface area contributed by atoms with E-state index in [0.717, 1.165) is 0 Å². The maximum Gasteiger partial charge on any atom is 0.186 e. The van der Waals surface area contributed by atoms with Crippen LogP contribution in [-0.4, -0.2) is 42.3 Å². The molecule has 0 amide bonds. The van der Waals surface area contributed by atoms with Crippen molar-refractivity contribution in [2.75, 3.05) is 31.1 Å². The molecule has 16 heavy (non-hydrogen) atoms. The number of aromatic nitrogens is 2. The molecule has 1 atom stereocenters. The number of ether oxygens (including phenoxy) is 1. The highest BCUT2D eigenvalue weighted by Gasteiger charge is 2.23. The van der Waals surface area contributed by atoms with Crippen LogP contribution in [0.1, 0.15) is 5.69 Å². The van der Waals surface area contributed by atoms with Crippen molar-refractivity contribution in [2.45, 2.75) is 13.0 Å². The Kier molecular flexibility index (Phi) is 3.31. The third-order valence-electron chi connectivity index (χ3n) is 2.65. The van der Waals surface area contributed by atoms with Crippen molar-refractivity contribution in [3.8, 4) is 0 Å². The monoisotopic (exact) mass is 226 g/mol. The van der Waals surface area contributed by atoms with Crippen LogP contribution >= 0.6 is 0 Å². The first-order valence-electron chi connectivity index (χ1n) is 5.26. The van der Waals surface area contributed by atoms with Gasteiger partial charge in [0, 0.05) is 19.6 Å². The lowest BCUT2D eigenvalue weighted by molar-refractivity contribution is 0.0460. The molecule has 1 aliphatic heterocycles. The largest absolute Gasteiger partial charge is 0.373 e. The fourth-order valence-corrected chi connectivity index (χ4v) is 1.72. The summed E-state index contributed by atoms with van der Waals surface area (Å²) in [6.07, 6.45) is 1.32. The van der Waals surface area contributed by atoms with Crippen LogP contribution < -0.4 is 10.6 Å². The highest BCUT2D eigenvalue weighted by atomic mass is 19.1. The van der Waals surface area contributed by atoms with Crippen LogP contribution in [0.4, 0.5) is 10.2 Å². The fraction of sp³-hybridized carbons (Fsp3) is 0.600. The van der Waals surface area contributed by atoms with E-state index in [4.69, 9.17) is 10.5 Å². The number of aryl methyl sites for hydroxylation is 1. The predicted octanol–water partition coefficient (Wildman–Crippen LogP) is 0.0880. The molecule has 0 radical (unpaired) electrons. The molecule has 6 heteroatoms. The summed E-state index contributed by atoms with van der Waals surface area (Å²) in [5.74, 6) is -0.0191. The number of anilines is 1. The van der Waals surface area contributed by atoms with Gasteiger partial charge in [-0.3, -0.25) is 0 Å². The van der Waals surface area contributed by atoms with Gasteiger partial charge in [-0.1, -0.05) is 0 Å². The number of halogens is 1. The van der Waals surface area contributed by atoms with Gasteiger partial charge in [0.15, 0.2) is 11.6 Å². The van der Waals surface area contributed by atoms with E-state index < -0.39 is 0 Å². The van der Waals surface area contributed by atoms with E-state index >= 15 is 0 Å². The normalized spacial score (nSPS) is 21.2. The van der Waals surface area contributed by atoms with Crippen LogP contribution in [0.3, 0.4) is 0 Å². The van der Waals surface area contributed by atoms with Crippen LogP contribution in [0.15, 0.2) is 6.33 Å². The number of hydrogen-bond donors (Lipinski definition) is 1. The van der Waals surface area contributed by atoms with Gasteiger partial charge in [-0.15, -0.1) is 0 Å². The number of rotatable bonds is 2. The van der Waals surface area contributed by atoms with Gasteiger partial charge in [0.2, 0.25) is 0 Å². The summed E-state index contributed by atoms with van der Waals surface area (Å²) in [7, 11) is 0. The number of morpholine rings is 1. The van der Waals surface area contributed by atoms with E-state index in [9.17, 15) is 4.39 Å². The second-order valence-electron chi connectivity index (χ2n) is 3.77. The highest BCUT2D eigenvalue weighted by Crippen LogP contribution is 2.19. The van der Waals surface area contributed by atoms with Crippen LogP contribution in [-0.2, 0) is 4.74 Å². The molecule has 2 rings (SSSR count). The highest BCUT2D eigenvalue weighted by molar-refractivity contribution is 5.41. The van der Waals surface area contributed by atoms with Gasteiger partial charge in [-0.05, 0) is 6.92 Å². The van der Waals surface area contributed by atoms with Crippen LogP contribution in [0.2, 0.25) is 0 Å². The van der Waals surface area contributed by atoms with E-state index in [2.05, 4.69) is 9.97 Å². The molecule has 2 heterocycles. The number of nitrogens with two attached hydrogens (primary N) is 1. The average Bonchev–Trinajstić information content (AvgIpc) is 2.33. The Morgan fingerprint density at radius 2 is 2.44 bits per heavy atom.